The van der Waals surface area contributed by atoms with Crippen LogP contribution in [-0.4, -0.2) is 26.5 Å². The molecular formula is C23H25N3O2S. The number of hydrogen-bond donors (Lipinski definition) is 1. The van der Waals surface area contributed by atoms with Crippen LogP contribution >= 0.6 is 11.8 Å². The van der Waals surface area contributed by atoms with Crippen molar-refractivity contribution in [3.05, 3.63) is 93.9 Å². The van der Waals surface area contributed by atoms with Crippen LogP contribution in [0.15, 0.2) is 76.7 Å². The first kappa shape index (κ1) is 20.9. The molecule has 5 nitrogen and oxygen atoms in total. The van der Waals surface area contributed by atoms with Crippen molar-refractivity contribution in [3.8, 4) is 0 Å². The maximum atomic E-state index is 13.0. The molecule has 0 aliphatic carbocycles. The summed E-state index contributed by atoms with van der Waals surface area (Å²) < 4.78 is 0. The number of nitrogens with zero attached hydrogens (tertiary/aromatic N) is 2. The van der Waals surface area contributed by atoms with Gasteiger partial charge in [-0.25, -0.2) is 4.98 Å². The second kappa shape index (κ2) is 10.6. The van der Waals surface area contributed by atoms with Crippen LogP contribution in [0.5, 0.6) is 0 Å². The van der Waals surface area contributed by atoms with Gasteiger partial charge in [0.25, 0.3) is 5.56 Å². The van der Waals surface area contributed by atoms with Gasteiger partial charge in [0, 0.05) is 24.8 Å². The molecule has 0 aliphatic rings. The number of aromatic amines is 1. The Balaban J connectivity index is 1.71. The minimum Gasteiger partial charge on any atom is -0.333 e. The minimum atomic E-state index is -0.177. The zero-order chi connectivity index (χ0) is 20.5. The van der Waals surface area contributed by atoms with E-state index in [1.807, 2.05) is 72.5 Å². The van der Waals surface area contributed by atoms with E-state index in [2.05, 4.69) is 9.97 Å². The number of amides is 1. The molecule has 0 spiro atoms. The molecule has 29 heavy (non-hydrogen) atoms. The van der Waals surface area contributed by atoms with Crippen LogP contribution < -0.4 is 5.56 Å². The molecule has 3 aromatic rings. The van der Waals surface area contributed by atoms with Crippen molar-refractivity contribution in [3.63, 3.8) is 0 Å². The molecule has 0 saturated carbocycles. The van der Waals surface area contributed by atoms with E-state index < -0.39 is 0 Å². The lowest BCUT2D eigenvalue weighted by Crippen LogP contribution is -2.31. The van der Waals surface area contributed by atoms with Crippen LogP contribution in [-0.2, 0) is 24.3 Å². The molecule has 0 bridgehead atoms. The summed E-state index contributed by atoms with van der Waals surface area (Å²) in [5.41, 5.74) is 2.75. The zero-order valence-electron chi connectivity index (χ0n) is 16.5. The van der Waals surface area contributed by atoms with Crippen molar-refractivity contribution < 1.29 is 4.79 Å². The number of rotatable bonds is 9. The van der Waals surface area contributed by atoms with Crippen molar-refractivity contribution >= 4 is 17.7 Å². The van der Waals surface area contributed by atoms with Gasteiger partial charge in [-0.1, -0.05) is 85.8 Å². The van der Waals surface area contributed by atoms with Gasteiger partial charge in [0.05, 0.1) is 5.75 Å². The quantitative estimate of drug-likeness (QED) is 0.429. The van der Waals surface area contributed by atoms with E-state index in [1.165, 1.54) is 17.8 Å². The van der Waals surface area contributed by atoms with Gasteiger partial charge in [0.2, 0.25) is 5.91 Å². The Morgan fingerprint density at radius 3 is 2.14 bits per heavy atom. The van der Waals surface area contributed by atoms with Gasteiger partial charge in [-0.15, -0.1) is 0 Å². The summed E-state index contributed by atoms with van der Waals surface area (Å²) in [6.07, 6.45) is 1.67. The molecule has 0 unspecified atom stereocenters. The lowest BCUT2D eigenvalue weighted by atomic mass is 10.1. The molecule has 0 radical (unpaired) electrons. The molecule has 2 aromatic carbocycles. The zero-order valence-corrected chi connectivity index (χ0v) is 17.3. The summed E-state index contributed by atoms with van der Waals surface area (Å²) in [5.74, 6) is 0.226. The van der Waals surface area contributed by atoms with Crippen molar-refractivity contribution in [2.24, 2.45) is 0 Å². The Labute approximate surface area is 175 Å². The number of aryl methyl sites for hydroxylation is 1. The third-order valence-electron chi connectivity index (χ3n) is 4.40. The number of hydrogen-bond acceptors (Lipinski definition) is 4. The summed E-state index contributed by atoms with van der Waals surface area (Å²) in [6, 6.07) is 21.4. The molecule has 150 valence electrons. The van der Waals surface area contributed by atoms with Crippen molar-refractivity contribution in [1.29, 1.82) is 0 Å². The lowest BCUT2D eigenvalue weighted by molar-refractivity contribution is -0.129. The first-order valence-corrected chi connectivity index (χ1v) is 10.7. The Bertz CT molecular complexity index is 933. The monoisotopic (exact) mass is 407 g/mol. The van der Waals surface area contributed by atoms with Crippen LogP contribution in [0.1, 0.15) is 30.2 Å². The van der Waals surface area contributed by atoms with Crippen molar-refractivity contribution in [2.45, 2.75) is 38.0 Å². The molecule has 1 heterocycles. The van der Waals surface area contributed by atoms with E-state index in [0.717, 1.165) is 29.7 Å². The number of aromatic nitrogens is 2. The van der Waals surface area contributed by atoms with Crippen LogP contribution in [0, 0.1) is 0 Å². The Morgan fingerprint density at radius 2 is 1.59 bits per heavy atom. The highest BCUT2D eigenvalue weighted by molar-refractivity contribution is 7.99. The smallest absolute Gasteiger partial charge is 0.251 e. The number of carbonyl (C=O) groups is 1. The van der Waals surface area contributed by atoms with Gasteiger partial charge in [0.15, 0.2) is 5.16 Å². The number of thioether (sulfide) groups is 1. The average molecular weight is 408 g/mol. The van der Waals surface area contributed by atoms with Gasteiger partial charge >= 0.3 is 0 Å². The lowest BCUT2D eigenvalue weighted by Gasteiger charge is -2.23. The molecule has 0 atom stereocenters. The van der Waals surface area contributed by atoms with E-state index in [0.29, 0.717) is 18.2 Å². The third kappa shape index (κ3) is 6.61. The number of benzene rings is 2. The summed E-state index contributed by atoms with van der Waals surface area (Å²) in [5, 5.41) is 0.494. The summed E-state index contributed by atoms with van der Waals surface area (Å²) >= 11 is 1.27. The predicted octanol–water partition coefficient (Wildman–Crippen LogP) is 4.04. The first-order chi connectivity index (χ1) is 14.1. The number of carbonyl (C=O) groups excluding carboxylic acids is 1. The standard InChI is InChI=1S/C23H25N3O2S/c1-2-9-20-14-21(27)25-23(24-20)29-17-22(28)26(15-18-10-5-3-6-11-18)16-19-12-7-4-8-13-19/h3-8,10-14H,2,9,15-17H2,1H3,(H,24,25,27). The van der Waals surface area contributed by atoms with Gasteiger partial charge in [-0.2, -0.15) is 0 Å². The fourth-order valence-electron chi connectivity index (χ4n) is 3.00. The van der Waals surface area contributed by atoms with Gasteiger partial charge in [-0.3, -0.25) is 9.59 Å². The van der Waals surface area contributed by atoms with Crippen LogP contribution in [0.4, 0.5) is 0 Å². The fourth-order valence-corrected chi connectivity index (χ4v) is 3.79. The molecule has 1 N–H and O–H groups in total. The summed E-state index contributed by atoms with van der Waals surface area (Å²) in [6.45, 7) is 3.12. The molecule has 0 aliphatic heterocycles. The van der Waals surface area contributed by atoms with Crippen LogP contribution in [0.25, 0.3) is 0 Å². The molecule has 0 fully saturated rings. The Morgan fingerprint density at radius 1 is 1.00 bits per heavy atom. The molecule has 1 aromatic heterocycles. The maximum absolute atomic E-state index is 13.0. The van der Waals surface area contributed by atoms with E-state index >= 15 is 0 Å². The predicted molar refractivity (Wildman–Crippen MR) is 117 cm³/mol. The number of H-pyrrole nitrogens is 1. The second-order valence-electron chi connectivity index (χ2n) is 6.80. The largest absolute Gasteiger partial charge is 0.333 e. The van der Waals surface area contributed by atoms with Gasteiger partial charge in [-0.05, 0) is 17.5 Å². The summed E-state index contributed by atoms with van der Waals surface area (Å²) in [4.78, 5) is 33.9. The topological polar surface area (TPSA) is 66.1 Å². The summed E-state index contributed by atoms with van der Waals surface area (Å²) in [7, 11) is 0. The second-order valence-corrected chi connectivity index (χ2v) is 7.77. The molecular weight excluding hydrogens is 382 g/mol. The normalized spacial score (nSPS) is 10.7. The van der Waals surface area contributed by atoms with Crippen molar-refractivity contribution in [2.75, 3.05) is 5.75 Å². The van der Waals surface area contributed by atoms with Crippen LogP contribution in [0.2, 0.25) is 0 Å². The van der Waals surface area contributed by atoms with E-state index in [9.17, 15) is 9.59 Å². The highest BCUT2D eigenvalue weighted by Crippen LogP contribution is 2.16. The van der Waals surface area contributed by atoms with Gasteiger partial charge in [0.1, 0.15) is 0 Å². The minimum absolute atomic E-state index is 0.00579. The SMILES string of the molecule is CCCc1cc(=O)[nH]c(SCC(=O)N(Cc2ccccc2)Cc2ccccc2)n1. The molecule has 0 saturated heterocycles. The van der Waals surface area contributed by atoms with E-state index in [1.54, 1.807) is 0 Å². The Kier molecular flexibility index (Phi) is 7.64. The highest BCUT2D eigenvalue weighted by atomic mass is 32.2. The average Bonchev–Trinajstić information content (AvgIpc) is 2.73. The highest BCUT2D eigenvalue weighted by Gasteiger charge is 2.16. The molecule has 1 amide bonds. The fraction of sp³-hybridized carbons (Fsp3) is 0.261. The first-order valence-electron chi connectivity index (χ1n) is 9.72. The van der Waals surface area contributed by atoms with Crippen molar-refractivity contribution in [1.82, 2.24) is 14.9 Å². The molecule has 6 heteroatoms. The third-order valence-corrected chi connectivity index (χ3v) is 5.25. The van der Waals surface area contributed by atoms with Crippen LogP contribution in [0.3, 0.4) is 0 Å². The van der Waals surface area contributed by atoms with Gasteiger partial charge < -0.3 is 9.88 Å². The van der Waals surface area contributed by atoms with E-state index in [-0.39, 0.29) is 17.2 Å². The maximum Gasteiger partial charge on any atom is 0.251 e. The number of nitrogens with one attached hydrogen (secondary N) is 1. The Hall–Kier alpha value is -2.86. The molecule has 3 rings (SSSR count). The van der Waals surface area contributed by atoms with E-state index in [4.69, 9.17) is 0 Å².